The zero-order chi connectivity index (χ0) is 16.2. The molecule has 2 heterocycles. The van der Waals surface area contributed by atoms with Crippen molar-refractivity contribution in [1.82, 2.24) is 15.5 Å². The fourth-order valence-electron chi connectivity index (χ4n) is 2.68. The van der Waals surface area contributed by atoms with E-state index in [4.69, 9.17) is 14.0 Å². The molecule has 2 atom stereocenters. The molecule has 0 saturated heterocycles. The Morgan fingerprint density at radius 3 is 3.09 bits per heavy atom. The molecule has 2 aromatic rings. The van der Waals surface area contributed by atoms with Crippen molar-refractivity contribution in [2.45, 2.75) is 38.6 Å². The van der Waals surface area contributed by atoms with Gasteiger partial charge in [-0.05, 0) is 51.1 Å². The van der Waals surface area contributed by atoms with Crippen LogP contribution in [-0.2, 0) is 12.8 Å². The third-order valence-electron chi connectivity index (χ3n) is 4.06. The van der Waals surface area contributed by atoms with Gasteiger partial charge in [-0.2, -0.15) is 4.98 Å². The number of rotatable bonds is 6. The zero-order valence-corrected chi connectivity index (χ0v) is 13.8. The molecule has 1 aromatic heterocycles. The highest BCUT2D eigenvalue weighted by molar-refractivity contribution is 5.42. The van der Waals surface area contributed by atoms with Crippen molar-refractivity contribution < 1.29 is 14.0 Å². The molecule has 0 bridgehead atoms. The summed E-state index contributed by atoms with van der Waals surface area (Å²) in [6.07, 6.45) is 1.57. The summed E-state index contributed by atoms with van der Waals surface area (Å²) in [5.41, 5.74) is 1.12. The molecular formula is C17H23N3O3. The smallest absolute Gasteiger partial charge is 0.233 e. The highest BCUT2D eigenvalue weighted by atomic mass is 16.5. The highest BCUT2D eigenvalue weighted by Gasteiger charge is 2.26. The van der Waals surface area contributed by atoms with Crippen molar-refractivity contribution in [2.75, 3.05) is 20.3 Å². The maximum atomic E-state index is 5.84. The van der Waals surface area contributed by atoms with Gasteiger partial charge in [0.15, 0.2) is 5.82 Å². The van der Waals surface area contributed by atoms with Crippen molar-refractivity contribution in [2.24, 2.45) is 0 Å². The molecule has 1 N–H and O–H groups in total. The van der Waals surface area contributed by atoms with E-state index in [0.29, 0.717) is 25.1 Å². The van der Waals surface area contributed by atoms with E-state index in [9.17, 15) is 0 Å². The number of hydrogen-bond donors (Lipinski definition) is 1. The van der Waals surface area contributed by atoms with Crippen molar-refractivity contribution in [3.05, 3.63) is 35.5 Å². The van der Waals surface area contributed by atoms with E-state index in [0.717, 1.165) is 35.7 Å². The Hall–Kier alpha value is -2.08. The number of nitrogens with zero attached hydrogens (tertiary/aromatic N) is 2. The maximum Gasteiger partial charge on any atom is 0.233 e. The number of hydrogen-bond acceptors (Lipinski definition) is 6. The minimum Gasteiger partial charge on any atom is -0.494 e. The van der Waals surface area contributed by atoms with E-state index in [-0.39, 0.29) is 5.92 Å². The van der Waals surface area contributed by atoms with Crippen molar-refractivity contribution in [1.29, 1.82) is 0 Å². The molecule has 6 heteroatoms. The van der Waals surface area contributed by atoms with Crippen LogP contribution < -0.4 is 14.8 Å². The van der Waals surface area contributed by atoms with Gasteiger partial charge in [0.05, 0.1) is 12.5 Å². The number of fused-ring (bicyclic) bond motifs is 1. The summed E-state index contributed by atoms with van der Waals surface area (Å²) < 4.78 is 16.8. The summed E-state index contributed by atoms with van der Waals surface area (Å²) >= 11 is 0. The second-order valence-electron chi connectivity index (χ2n) is 5.86. The topological polar surface area (TPSA) is 69.4 Å². The lowest BCUT2D eigenvalue weighted by Gasteiger charge is -2.23. The molecule has 1 aromatic carbocycles. The van der Waals surface area contributed by atoms with E-state index >= 15 is 0 Å². The summed E-state index contributed by atoms with van der Waals surface area (Å²) in [6.45, 7) is 5.28. The minimum absolute atomic E-state index is 0.0884. The molecule has 0 fully saturated rings. The SMILES string of the molecule is CCOc1ccc2c(c1)CC(c1nc(CC(C)NC)no1)CO2. The standard InChI is InChI=1S/C17H23N3O3/c1-4-21-14-5-6-15-12(9-14)8-13(10-22-15)17-19-16(20-23-17)7-11(2)18-3/h5-6,9,11,13,18H,4,7-8,10H2,1-3H3. The molecule has 0 spiro atoms. The van der Waals surface area contributed by atoms with Gasteiger partial charge in [-0.3, -0.25) is 0 Å². The fourth-order valence-corrected chi connectivity index (χ4v) is 2.68. The monoisotopic (exact) mass is 317 g/mol. The normalized spacial score (nSPS) is 18.1. The van der Waals surface area contributed by atoms with Crippen LogP contribution in [0.4, 0.5) is 0 Å². The van der Waals surface area contributed by atoms with Crippen molar-refractivity contribution in [3.8, 4) is 11.5 Å². The second-order valence-corrected chi connectivity index (χ2v) is 5.86. The largest absolute Gasteiger partial charge is 0.494 e. The molecule has 0 aliphatic carbocycles. The van der Waals surface area contributed by atoms with E-state index < -0.39 is 0 Å². The zero-order valence-electron chi connectivity index (χ0n) is 13.8. The number of aromatic nitrogens is 2. The Morgan fingerprint density at radius 1 is 1.43 bits per heavy atom. The van der Waals surface area contributed by atoms with Crippen LogP contribution in [0.2, 0.25) is 0 Å². The van der Waals surface area contributed by atoms with Crippen molar-refractivity contribution in [3.63, 3.8) is 0 Å². The van der Waals surface area contributed by atoms with Crippen LogP contribution in [0.5, 0.6) is 11.5 Å². The number of benzene rings is 1. The van der Waals surface area contributed by atoms with E-state index in [1.807, 2.05) is 32.2 Å². The van der Waals surface area contributed by atoms with Gasteiger partial charge >= 0.3 is 0 Å². The number of likely N-dealkylation sites (N-methyl/N-ethyl adjacent to an activating group) is 1. The Morgan fingerprint density at radius 2 is 2.30 bits per heavy atom. The lowest BCUT2D eigenvalue weighted by Crippen LogP contribution is -2.24. The predicted molar refractivity (Wildman–Crippen MR) is 86.1 cm³/mol. The number of nitrogens with one attached hydrogen (secondary N) is 1. The van der Waals surface area contributed by atoms with Gasteiger partial charge in [0.1, 0.15) is 18.1 Å². The Bertz CT molecular complexity index is 656. The van der Waals surface area contributed by atoms with E-state index in [2.05, 4.69) is 22.4 Å². The van der Waals surface area contributed by atoms with Crippen LogP contribution in [0.15, 0.2) is 22.7 Å². The molecule has 23 heavy (non-hydrogen) atoms. The van der Waals surface area contributed by atoms with Gasteiger partial charge in [-0.15, -0.1) is 0 Å². The van der Waals surface area contributed by atoms with Gasteiger partial charge in [0.2, 0.25) is 5.89 Å². The van der Waals surface area contributed by atoms with E-state index in [1.54, 1.807) is 0 Å². The molecule has 0 amide bonds. The Balaban J connectivity index is 1.72. The first-order valence-electron chi connectivity index (χ1n) is 8.07. The Labute approximate surface area is 136 Å². The molecular weight excluding hydrogens is 294 g/mol. The van der Waals surface area contributed by atoms with E-state index in [1.165, 1.54) is 0 Å². The van der Waals surface area contributed by atoms with Gasteiger partial charge in [0, 0.05) is 12.5 Å². The lowest BCUT2D eigenvalue weighted by molar-refractivity contribution is 0.229. The maximum absolute atomic E-state index is 5.84. The molecule has 0 saturated carbocycles. The lowest BCUT2D eigenvalue weighted by atomic mass is 9.96. The van der Waals surface area contributed by atoms with Crippen LogP contribution in [0.3, 0.4) is 0 Å². The number of ether oxygens (including phenoxy) is 2. The average Bonchev–Trinajstić information content (AvgIpc) is 3.03. The first-order chi connectivity index (χ1) is 11.2. The van der Waals surface area contributed by atoms with Gasteiger partial charge in [0.25, 0.3) is 0 Å². The molecule has 1 aliphatic heterocycles. The first kappa shape index (κ1) is 15.8. The summed E-state index contributed by atoms with van der Waals surface area (Å²) in [5.74, 6) is 3.25. The summed E-state index contributed by atoms with van der Waals surface area (Å²) in [4.78, 5) is 4.52. The van der Waals surface area contributed by atoms with Crippen LogP contribution in [0.1, 0.15) is 37.0 Å². The molecule has 6 nitrogen and oxygen atoms in total. The van der Waals surface area contributed by atoms with Crippen LogP contribution in [0.25, 0.3) is 0 Å². The highest BCUT2D eigenvalue weighted by Crippen LogP contribution is 2.34. The third kappa shape index (κ3) is 3.64. The first-order valence-corrected chi connectivity index (χ1v) is 8.07. The second kappa shape index (κ2) is 7.00. The quantitative estimate of drug-likeness (QED) is 0.882. The molecule has 124 valence electrons. The van der Waals surface area contributed by atoms with Crippen LogP contribution in [0, 0.1) is 0 Å². The summed E-state index contributed by atoms with van der Waals surface area (Å²) in [5, 5.41) is 7.25. The average molecular weight is 317 g/mol. The molecule has 2 unspecified atom stereocenters. The van der Waals surface area contributed by atoms with Gasteiger partial charge < -0.3 is 19.3 Å². The molecule has 0 radical (unpaired) electrons. The third-order valence-corrected chi connectivity index (χ3v) is 4.06. The summed E-state index contributed by atoms with van der Waals surface area (Å²) in [7, 11) is 1.92. The fraction of sp³-hybridized carbons (Fsp3) is 0.529. The molecule has 1 aliphatic rings. The minimum atomic E-state index is 0.0884. The summed E-state index contributed by atoms with van der Waals surface area (Å²) in [6, 6.07) is 6.25. The van der Waals surface area contributed by atoms with Crippen LogP contribution >= 0.6 is 0 Å². The Kier molecular flexibility index (Phi) is 4.81. The predicted octanol–water partition coefficient (Wildman–Crippen LogP) is 2.34. The molecule has 3 rings (SSSR count). The van der Waals surface area contributed by atoms with Crippen molar-refractivity contribution >= 4 is 0 Å². The van der Waals surface area contributed by atoms with Gasteiger partial charge in [-0.25, -0.2) is 0 Å². The van der Waals surface area contributed by atoms with Crippen LogP contribution in [-0.4, -0.2) is 36.4 Å². The van der Waals surface area contributed by atoms with Gasteiger partial charge in [-0.1, -0.05) is 5.16 Å².